The number of ether oxygens (including phenoxy) is 1. The molecule has 0 amide bonds. The van der Waals surface area contributed by atoms with Crippen LogP contribution < -0.4 is 4.74 Å². The summed E-state index contributed by atoms with van der Waals surface area (Å²) >= 11 is 9.17. The van der Waals surface area contributed by atoms with Crippen LogP contribution in [-0.4, -0.2) is 0 Å². The number of hydrogen-bond donors (Lipinski definition) is 0. The predicted octanol–water partition coefficient (Wildman–Crippen LogP) is 5.79. The molecular formula is C15H11BrClF3O. The number of halogens is 5. The van der Waals surface area contributed by atoms with Crippen LogP contribution in [0.3, 0.4) is 0 Å². The highest BCUT2D eigenvalue weighted by molar-refractivity contribution is 9.10. The Bertz CT molecular complexity index is 611. The van der Waals surface area contributed by atoms with Crippen molar-refractivity contribution in [2.45, 2.75) is 18.7 Å². The zero-order valence-corrected chi connectivity index (χ0v) is 13.1. The third kappa shape index (κ3) is 4.38. The molecule has 2 aromatic rings. The first-order valence-corrected chi connectivity index (χ1v) is 7.36. The zero-order valence-electron chi connectivity index (χ0n) is 10.8. The van der Waals surface area contributed by atoms with Crippen molar-refractivity contribution in [1.29, 1.82) is 0 Å². The lowest BCUT2D eigenvalue weighted by Crippen LogP contribution is -2.05. The van der Waals surface area contributed by atoms with Crippen molar-refractivity contribution in [1.82, 2.24) is 0 Å². The summed E-state index contributed by atoms with van der Waals surface area (Å²) in [5.74, 6) is 0.912. The third-order valence-corrected chi connectivity index (χ3v) is 3.62. The normalized spacial score (nSPS) is 11.5. The van der Waals surface area contributed by atoms with Crippen LogP contribution >= 0.6 is 27.5 Å². The van der Waals surface area contributed by atoms with E-state index in [4.69, 9.17) is 16.3 Å². The van der Waals surface area contributed by atoms with Gasteiger partial charge in [0.05, 0.1) is 11.4 Å². The molecule has 0 aliphatic carbocycles. The average molecular weight is 380 g/mol. The van der Waals surface area contributed by atoms with E-state index in [1.165, 1.54) is 12.1 Å². The summed E-state index contributed by atoms with van der Waals surface area (Å²) in [5, 5.41) is 0. The monoisotopic (exact) mass is 378 g/mol. The molecule has 112 valence electrons. The SMILES string of the molecule is FC(F)(F)c1ccc(COc2ccc(Br)cc2CCl)cc1. The van der Waals surface area contributed by atoms with Gasteiger partial charge >= 0.3 is 6.18 Å². The molecule has 2 aromatic carbocycles. The molecule has 6 heteroatoms. The largest absolute Gasteiger partial charge is 0.489 e. The van der Waals surface area contributed by atoms with Gasteiger partial charge in [-0.15, -0.1) is 11.6 Å². The molecule has 0 radical (unpaired) electrons. The van der Waals surface area contributed by atoms with Crippen molar-refractivity contribution in [2.75, 3.05) is 0 Å². The molecule has 0 aromatic heterocycles. The van der Waals surface area contributed by atoms with Gasteiger partial charge in [0.2, 0.25) is 0 Å². The van der Waals surface area contributed by atoms with Crippen LogP contribution in [0.15, 0.2) is 46.9 Å². The first kappa shape index (κ1) is 16.2. The summed E-state index contributed by atoms with van der Waals surface area (Å²) in [6, 6.07) is 10.3. The van der Waals surface area contributed by atoms with E-state index in [2.05, 4.69) is 15.9 Å². The maximum Gasteiger partial charge on any atom is 0.416 e. The van der Waals surface area contributed by atoms with Gasteiger partial charge in [0.1, 0.15) is 12.4 Å². The van der Waals surface area contributed by atoms with Crippen molar-refractivity contribution in [3.05, 3.63) is 63.6 Å². The van der Waals surface area contributed by atoms with Gasteiger partial charge in [-0.25, -0.2) is 0 Å². The van der Waals surface area contributed by atoms with Crippen LogP contribution in [0.25, 0.3) is 0 Å². The highest BCUT2D eigenvalue weighted by atomic mass is 79.9. The molecule has 1 nitrogen and oxygen atoms in total. The molecule has 0 fully saturated rings. The first-order chi connectivity index (χ1) is 9.90. The summed E-state index contributed by atoms with van der Waals surface area (Å²) in [5.41, 5.74) is 0.806. The van der Waals surface area contributed by atoms with Crippen molar-refractivity contribution in [3.8, 4) is 5.75 Å². The van der Waals surface area contributed by atoms with Gasteiger partial charge in [0.15, 0.2) is 0 Å². The molecule has 0 heterocycles. The van der Waals surface area contributed by atoms with Crippen LogP contribution in [0.2, 0.25) is 0 Å². The summed E-state index contributed by atoms with van der Waals surface area (Å²) in [6.45, 7) is 0.184. The van der Waals surface area contributed by atoms with Gasteiger partial charge in [0, 0.05) is 10.0 Å². The van der Waals surface area contributed by atoms with Crippen molar-refractivity contribution >= 4 is 27.5 Å². The van der Waals surface area contributed by atoms with Crippen LogP contribution in [0.5, 0.6) is 5.75 Å². The fourth-order valence-electron chi connectivity index (χ4n) is 1.74. The van der Waals surface area contributed by atoms with Crippen molar-refractivity contribution in [2.24, 2.45) is 0 Å². The Morgan fingerprint density at radius 3 is 2.29 bits per heavy atom. The van der Waals surface area contributed by atoms with E-state index in [0.717, 1.165) is 22.2 Å². The summed E-state index contributed by atoms with van der Waals surface area (Å²) in [7, 11) is 0. The Kier molecular flexibility index (Phi) is 5.17. The Morgan fingerprint density at radius 2 is 1.71 bits per heavy atom. The minimum absolute atomic E-state index is 0.184. The average Bonchev–Trinajstić information content (AvgIpc) is 2.45. The van der Waals surface area contributed by atoms with Crippen LogP contribution in [0, 0.1) is 0 Å². The standard InChI is InChI=1S/C15H11BrClF3O/c16-13-5-6-14(11(7-13)8-17)21-9-10-1-3-12(4-2-10)15(18,19)20/h1-7H,8-9H2. The quantitative estimate of drug-likeness (QED) is 0.611. The lowest BCUT2D eigenvalue weighted by Gasteiger charge is -2.11. The fourth-order valence-corrected chi connectivity index (χ4v) is 2.36. The number of benzene rings is 2. The first-order valence-electron chi connectivity index (χ1n) is 6.03. The molecule has 0 saturated heterocycles. The second-order valence-electron chi connectivity index (χ2n) is 4.37. The molecule has 0 bridgehead atoms. The molecule has 0 spiro atoms. The molecular weight excluding hydrogens is 369 g/mol. The van der Waals surface area contributed by atoms with Gasteiger partial charge in [0.25, 0.3) is 0 Å². The highest BCUT2D eigenvalue weighted by Crippen LogP contribution is 2.29. The fraction of sp³-hybridized carbons (Fsp3) is 0.200. The molecule has 0 unspecified atom stereocenters. The van der Waals surface area contributed by atoms with Crippen molar-refractivity contribution < 1.29 is 17.9 Å². The van der Waals surface area contributed by atoms with Crippen molar-refractivity contribution in [3.63, 3.8) is 0 Å². The zero-order chi connectivity index (χ0) is 15.5. The molecule has 0 aliphatic rings. The minimum atomic E-state index is -4.32. The maximum absolute atomic E-state index is 12.5. The number of alkyl halides is 4. The van der Waals surface area contributed by atoms with Gasteiger partial charge in [-0.3, -0.25) is 0 Å². The second kappa shape index (κ2) is 6.71. The predicted molar refractivity (Wildman–Crippen MR) is 79.5 cm³/mol. The smallest absolute Gasteiger partial charge is 0.416 e. The van der Waals surface area contributed by atoms with E-state index < -0.39 is 11.7 Å². The van der Waals surface area contributed by atoms with Crippen LogP contribution in [0.1, 0.15) is 16.7 Å². The number of hydrogen-bond acceptors (Lipinski definition) is 1. The van der Waals surface area contributed by atoms with E-state index in [9.17, 15) is 13.2 Å². The lowest BCUT2D eigenvalue weighted by molar-refractivity contribution is -0.137. The Labute approximate surface area is 133 Å². The molecule has 0 N–H and O–H groups in total. The highest BCUT2D eigenvalue weighted by Gasteiger charge is 2.29. The Hall–Kier alpha value is -1.20. The summed E-state index contributed by atoms with van der Waals surface area (Å²) in [6.07, 6.45) is -4.32. The molecule has 21 heavy (non-hydrogen) atoms. The van der Waals surface area contributed by atoms with E-state index in [1.54, 1.807) is 6.07 Å². The Balaban J connectivity index is 2.07. The van der Waals surface area contributed by atoms with Gasteiger partial charge in [-0.2, -0.15) is 13.2 Å². The Morgan fingerprint density at radius 1 is 1.05 bits per heavy atom. The second-order valence-corrected chi connectivity index (χ2v) is 5.55. The van der Waals surface area contributed by atoms with Crippen LogP contribution in [-0.2, 0) is 18.7 Å². The molecule has 0 saturated carbocycles. The van der Waals surface area contributed by atoms with E-state index >= 15 is 0 Å². The number of rotatable bonds is 4. The van der Waals surface area contributed by atoms with E-state index in [1.807, 2.05) is 12.1 Å². The van der Waals surface area contributed by atoms with Crippen LogP contribution in [0.4, 0.5) is 13.2 Å². The lowest BCUT2D eigenvalue weighted by atomic mass is 10.1. The van der Waals surface area contributed by atoms with E-state index in [-0.39, 0.29) is 6.61 Å². The molecule has 2 rings (SSSR count). The van der Waals surface area contributed by atoms with Gasteiger partial charge in [-0.05, 0) is 35.9 Å². The minimum Gasteiger partial charge on any atom is -0.489 e. The molecule has 0 atom stereocenters. The van der Waals surface area contributed by atoms with Gasteiger partial charge in [-0.1, -0.05) is 28.1 Å². The molecule has 0 aliphatic heterocycles. The summed E-state index contributed by atoms with van der Waals surface area (Å²) in [4.78, 5) is 0. The topological polar surface area (TPSA) is 9.23 Å². The maximum atomic E-state index is 12.5. The van der Waals surface area contributed by atoms with Gasteiger partial charge < -0.3 is 4.74 Å². The summed E-state index contributed by atoms with van der Waals surface area (Å²) < 4.78 is 43.9. The van der Waals surface area contributed by atoms with E-state index in [0.29, 0.717) is 17.2 Å². The third-order valence-electron chi connectivity index (χ3n) is 2.84.